The molecule has 3 aromatic carbocycles. The minimum Gasteiger partial charge on any atom is -0.489 e. The summed E-state index contributed by atoms with van der Waals surface area (Å²) in [6.45, 7) is 6.16. The summed E-state index contributed by atoms with van der Waals surface area (Å²) in [4.78, 5) is 29.7. The number of aryl methyl sites for hydroxylation is 2. The van der Waals surface area contributed by atoms with Crippen LogP contribution in [0.1, 0.15) is 50.5 Å². The molecule has 0 saturated carbocycles. The third-order valence-corrected chi connectivity index (χ3v) is 8.01. The maximum atomic E-state index is 13.5. The fraction of sp³-hybridized carbons (Fsp3) is 0.294. The number of rotatable bonds is 10. The molecule has 1 aliphatic heterocycles. The van der Waals surface area contributed by atoms with Crippen molar-refractivity contribution in [2.45, 2.75) is 32.5 Å². The van der Waals surface area contributed by atoms with Crippen LogP contribution in [0, 0.1) is 6.92 Å². The maximum absolute atomic E-state index is 13.5. The Kier molecular flexibility index (Phi) is 8.36. The number of likely N-dealkylation sites (N-methyl/N-ethyl adjacent to an activating group) is 1. The summed E-state index contributed by atoms with van der Waals surface area (Å²) in [5.74, 6) is -0.495. The van der Waals surface area contributed by atoms with Gasteiger partial charge in [-0.2, -0.15) is 0 Å². The Morgan fingerprint density at radius 3 is 2.43 bits per heavy atom. The molecule has 1 aromatic heterocycles. The molecule has 42 heavy (non-hydrogen) atoms. The fourth-order valence-corrected chi connectivity index (χ4v) is 5.20. The van der Waals surface area contributed by atoms with Gasteiger partial charge in [0.05, 0.1) is 6.04 Å². The molecule has 218 valence electrons. The molecule has 2 N–H and O–H groups in total. The second-order valence-corrected chi connectivity index (χ2v) is 11.3. The topological polar surface area (TPSA) is 87.0 Å². The van der Waals surface area contributed by atoms with Crippen molar-refractivity contribution in [2.75, 3.05) is 32.1 Å². The molecule has 4 aromatic rings. The van der Waals surface area contributed by atoms with E-state index >= 15 is 0 Å². The highest BCUT2D eigenvalue weighted by atomic mass is 16.5. The zero-order valence-electron chi connectivity index (χ0n) is 24.8. The van der Waals surface area contributed by atoms with E-state index < -0.39 is 5.97 Å². The lowest BCUT2D eigenvalue weighted by molar-refractivity contribution is 0.0686. The second-order valence-electron chi connectivity index (χ2n) is 11.3. The molecule has 1 amide bonds. The summed E-state index contributed by atoms with van der Waals surface area (Å²) in [6.07, 6.45) is 1.79. The summed E-state index contributed by atoms with van der Waals surface area (Å²) in [5, 5.41) is 12.8. The van der Waals surface area contributed by atoms with Gasteiger partial charge in [0.2, 0.25) is 0 Å². The van der Waals surface area contributed by atoms with Crippen molar-refractivity contribution in [3.05, 3.63) is 107 Å². The molecule has 0 bridgehead atoms. The minimum atomic E-state index is -0.992. The van der Waals surface area contributed by atoms with Crippen LogP contribution in [0.5, 0.6) is 5.75 Å². The Labute approximate surface area is 247 Å². The largest absolute Gasteiger partial charge is 0.489 e. The van der Waals surface area contributed by atoms with E-state index in [4.69, 9.17) is 4.74 Å². The SMILES string of the molecule is Cc1ccc(N2CC(N(C)C)C2)cc1C(=O)N[C@H](C)c1cc(OCc2ccccc2)cc(-c2cc(C(=O)O)n(C)c2)c1. The predicted octanol–water partition coefficient (Wildman–Crippen LogP) is 5.52. The van der Waals surface area contributed by atoms with Crippen molar-refractivity contribution in [3.63, 3.8) is 0 Å². The highest BCUT2D eigenvalue weighted by molar-refractivity contribution is 5.97. The Hall–Kier alpha value is -4.56. The highest BCUT2D eigenvalue weighted by Gasteiger charge is 2.29. The van der Waals surface area contributed by atoms with Crippen LogP contribution in [0.4, 0.5) is 5.69 Å². The molecular formula is C34H38N4O4. The number of carbonyl (C=O) groups excluding carboxylic acids is 1. The van der Waals surface area contributed by atoms with E-state index in [1.165, 1.54) is 0 Å². The van der Waals surface area contributed by atoms with Gasteiger partial charge in [-0.3, -0.25) is 4.79 Å². The van der Waals surface area contributed by atoms with Gasteiger partial charge < -0.3 is 29.5 Å². The van der Waals surface area contributed by atoms with Gasteiger partial charge in [0.1, 0.15) is 18.1 Å². The van der Waals surface area contributed by atoms with Crippen LogP contribution >= 0.6 is 0 Å². The van der Waals surface area contributed by atoms with Gasteiger partial charge in [-0.25, -0.2) is 4.79 Å². The minimum absolute atomic E-state index is 0.142. The van der Waals surface area contributed by atoms with Gasteiger partial charge in [0.25, 0.3) is 5.91 Å². The molecule has 0 unspecified atom stereocenters. The Balaban J connectivity index is 1.39. The van der Waals surface area contributed by atoms with Gasteiger partial charge in [-0.05, 0) is 86.6 Å². The second kappa shape index (κ2) is 12.1. The number of nitrogens with one attached hydrogen (secondary N) is 1. The molecular weight excluding hydrogens is 528 g/mol. The molecule has 0 radical (unpaired) electrons. The van der Waals surface area contributed by atoms with Crippen LogP contribution in [0.2, 0.25) is 0 Å². The molecule has 5 rings (SSSR count). The lowest BCUT2D eigenvalue weighted by Gasteiger charge is -2.44. The van der Waals surface area contributed by atoms with Crippen LogP contribution in [0.15, 0.2) is 79.0 Å². The molecule has 2 heterocycles. The summed E-state index contributed by atoms with van der Waals surface area (Å²) in [7, 11) is 5.89. The number of hydrogen-bond acceptors (Lipinski definition) is 5. The first kappa shape index (κ1) is 29.0. The highest BCUT2D eigenvalue weighted by Crippen LogP contribution is 2.31. The summed E-state index contributed by atoms with van der Waals surface area (Å²) in [5.41, 5.74) is 6.27. The van der Waals surface area contributed by atoms with E-state index in [2.05, 4.69) is 35.3 Å². The number of carboxylic acid groups (broad SMARTS) is 1. The van der Waals surface area contributed by atoms with Gasteiger partial charge in [0.15, 0.2) is 0 Å². The van der Waals surface area contributed by atoms with Crippen molar-refractivity contribution in [1.82, 2.24) is 14.8 Å². The number of ether oxygens (including phenoxy) is 1. The fourth-order valence-electron chi connectivity index (χ4n) is 5.20. The molecule has 0 spiro atoms. The Morgan fingerprint density at radius 2 is 1.76 bits per heavy atom. The van der Waals surface area contributed by atoms with Crippen molar-refractivity contribution in [2.24, 2.45) is 7.05 Å². The molecule has 8 heteroatoms. The molecule has 1 atom stereocenters. The Morgan fingerprint density at radius 1 is 1.02 bits per heavy atom. The lowest BCUT2D eigenvalue weighted by Crippen LogP contribution is -2.57. The van der Waals surface area contributed by atoms with E-state index in [1.54, 1.807) is 23.9 Å². The zero-order valence-corrected chi connectivity index (χ0v) is 24.8. The number of hydrogen-bond donors (Lipinski definition) is 2. The quantitative estimate of drug-likeness (QED) is 0.263. The number of benzene rings is 3. The van der Waals surface area contributed by atoms with Gasteiger partial charge in [0, 0.05) is 49.2 Å². The molecule has 0 aliphatic carbocycles. The standard InChI is InChI=1S/C34H38N4O4/c1-22-11-12-28(38-19-29(20-38)36(3)4)17-31(22)33(39)35-23(2)25-13-26(27-16-32(34(40)41)37(5)18-27)15-30(14-25)42-21-24-9-7-6-8-10-24/h6-18,23,29H,19-21H2,1-5H3,(H,35,39)(H,40,41)/t23-/m1/s1. The third kappa shape index (κ3) is 6.34. The first-order valence-electron chi connectivity index (χ1n) is 14.1. The molecule has 1 saturated heterocycles. The van der Waals surface area contributed by atoms with Gasteiger partial charge >= 0.3 is 5.97 Å². The van der Waals surface area contributed by atoms with Crippen molar-refractivity contribution in [3.8, 4) is 16.9 Å². The first-order chi connectivity index (χ1) is 20.1. The number of anilines is 1. The smallest absolute Gasteiger partial charge is 0.352 e. The van der Waals surface area contributed by atoms with E-state index in [0.29, 0.717) is 24.0 Å². The number of carbonyl (C=O) groups is 2. The average molecular weight is 567 g/mol. The number of nitrogens with zero attached hydrogens (tertiary/aromatic N) is 3. The number of aromatic nitrogens is 1. The van der Waals surface area contributed by atoms with Crippen LogP contribution < -0.4 is 15.0 Å². The van der Waals surface area contributed by atoms with Crippen molar-refractivity contribution in [1.29, 1.82) is 0 Å². The molecule has 8 nitrogen and oxygen atoms in total. The lowest BCUT2D eigenvalue weighted by atomic mass is 9.99. The monoisotopic (exact) mass is 566 g/mol. The first-order valence-corrected chi connectivity index (χ1v) is 14.1. The van der Waals surface area contributed by atoms with Crippen LogP contribution in [-0.2, 0) is 13.7 Å². The van der Waals surface area contributed by atoms with E-state index in [0.717, 1.165) is 46.6 Å². The van der Waals surface area contributed by atoms with Crippen LogP contribution in [-0.4, -0.2) is 59.7 Å². The van der Waals surface area contributed by atoms with Gasteiger partial charge in [-0.15, -0.1) is 0 Å². The van der Waals surface area contributed by atoms with Crippen molar-refractivity contribution >= 4 is 17.6 Å². The summed E-state index contributed by atoms with van der Waals surface area (Å²) in [6, 6.07) is 23.6. The molecule has 1 fully saturated rings. The predicted molar refractivity (Wildman–Crippen MR) is 165 cm³/mol. The van der Waals surface area contributed by atoms with E-state index in [9.17, 15) is 14.7 Å². The average Bonchev–Trinajstić information content (AvgIpc) is 3.34. The van der Waals surface area contributed by atoms with Crippen molar-refractivity contribution < 1.29 is 19.4 Å². The normalized spacial score (nSPS) is 14.0. The number of aromatic carboxylic acids is 1. The van der Waals surface area contributed by atoms with E-state index in [-0.39, 0.29) is 17.6 Å². The number of carboxylic acids is 1. The van der Waals surface area contributed by atoms with Crippen LogP contribution in [0.3, 0.4) is 0 Å². The molecule has 1 aliphatic rings. The van der Waals surface area contributed by atoms with Crippen LogP contribution in [0.25, 0.3) is 11.1 Å². The maximum Gasteiger partial charge on any atom is 0.352 e. The zero-order chi connectivity index (χ0) is 30.0. The summed E-state index contributed by atoms with van der Waals surface area (Å²) >= 11 is 0. The summed E-state index contributed by atoms with van der Waals surface area (Å²) < 4.78 is 7.77. The Bertz CT molecular complexity index is 1590. The third-order valence-electron chi connectivity index (χ3n) is 8.01. The van der Waals surface area contributed by atoms with Gasteiger partial charge in [-0.1, -0.05) is 36.4 Å². The number of amides is 1. The van der Waals surface area contributed by atoms with E-state index in [1.807, 2.05) is 74.5 Å².